The number of piperidine rings is 1. The molecule has 0 amide bonds. The molecule has 0 spiro atoms. The second-order valence-corrected chi connectivity index (χ2v) is 5.94. The summed E-state index contributed by atoms with van der Waals surface area (Å²) in [6.07, 6.45) is 2.59. The van der Waals surface area contributed by atoms with Gasteiger partial charge < -0.3 is 4.90 Å². The number of rotatable bonds is 3. The van der Waals surface area contributed by atoms with Gasteiger partial charge in [0.1, 0.15) is 5.15 Å². The van der Waals surface area contributed by atoms with Gasteiger partial charge in [-0.15, -0.1) is 0 Å². The molecule has 1 aromatic rings. The summed E-state index contributed by atoms with van der Waals surface area (Å²) < 4.78 is 0. The zero-order valence-corrected chi connectivity index (χ0v) is 11.1. The Morgan fingerprint density at radius 2 is 2.19 bits per heavy atom. The zero-order valence-electron chi connectivity index (χ0n) is 9.53. The van der Waals surface area contributed by atoms with E-state index in [0.29, 0.717) is 5.15 Å². The highest BCUT2D eigenvalue weighted by Crippen LogP contribution is 2.25. The van der Waals surface area contributed by atoms with Crippen molar-refractivity contribution in [1.29, 1.82) is 0 Å². The fourth-order valence-corrected chi connectivity index (χ4v) is 3.18. The van der Waals surface area contributed by atoms with E-state index >= 15 is 0 Å². The summed E-state index contributed by atoms with van der Waals surface area (Å²) in [5.74, 6) is 0.981. The highest BCUT2D eigenvalue weighted by Gasteiger charge is 2.16. The van der Waals surface area contributed by atoms with E-state index in [1.54, 1.807) is 0 Å². The maximum absolute atomic E-state index is 5.86. The Morgan fingerprint density at radius 1 is 1.44 bits per heavy atom. The van der Waals surface area contributed by atoms with Crippen molar-refractivity contribution < 1.29 is 0 Å². The molecule has 4 heteroatoms. The van der Waals surface area contributed by atoms with E-state index in [4.69, 9.17) is 11.6 Å². The number of pyridine rings is 1. The molecule has 88 valence electrons. The Bertz CT molecular complexity index is 338. The Morgan fingerprint density at radius 3 is 2.88 bits per heavy atom. The minimum absolute atomic E-state index is 0.599. The SMILES string of the molecule is CN1CCC(SCc2cccc(Cl)n2)CC1. The lowest BCUT2D eigenvalue weighted by Crippen LogP contribution is -2.31. The van der Waals surface area contributed by atoms with Crippen molar-refractivity contribution in [1.82, 2.24) is 9.88 Å². The van der Waals surface area contributed by atoms with E-state index in [1.807, 2.05) is 30.0 Å². The summed E-state index contributed by atoms with van der Waals surface area (Å²) in [5, 5.41) is 1.39. The molecule has 0 aromatic carbocycles. The van der Waals surface area contributed by atoms with Crippen molar-refractivity contribution in [2.45, 2.75) is 23.8 Å². The number of hydrogen-bond acceptors (Lipinski definition) is 3. The third kappa shape index (κ3) is 3.65. The summed E-state index contributed by atoms with van der Waals surface area (Å²) in [5.41, 5.74) is 1.09. The van der Waals surface area contributed by atoms with Crippen molar-refractivity contribution in [3.8, 4) is 0 Å². The third-order valence-electron chi connectivity index (χ3n) is 2.91. The predicted octanol–water partition coefficient (Wildman–Crippen LogP) is 3.06. The van der Waals surface area contributed by atoms with Gasteiger partial charge in [-0.25, -0.2) is 4.98 Å². The summed E-state index contributed by atoms with van der Waals surface area (Å²) >= 11 is 7.87. The maximum atomic E-state index is 5.86. The molecule has 1 aromatic heterocycles. The number of likely N-dealkylation sites (tertiary alicyclic amines) is 1. The van der Waals surface area contributed by atoms with E-state index in [0.717, 1.165) is 16.7 Å². The van der Waals surface area contributed by atoms with Crippen LogP contribution in [-0.2, 0) is 5.75 Å². The normalized spacial score (nSPS) is 18.9. The van der Waals surface area contributed by atoms with Gasteiger partial charge in [0.05, 0.1) is 5.69 Å². The fraction of sp³-hybridized carbons (Fsp3) is 0.583. The zero-order chi connectivity index (χ0) is 11.4. The fourth-order valence-electron chi connectivity index (χ4n) is 1.89. The molecule has 0 radical (unpaired) electrons. The first-order chi connectivity index (χ1) is 7.74. The lowest BCUT2D eigenvalue weighted by molar-refractivity contribution is 0.282. The van der Waals surface area contributed by atoms with Gasteiger partial charge in [-0.1, -0.05) is 17.7 Å². The molecule has 2 nitrogen and oxygen atoms in total. The molecular formula is C12H17ClN2S. The van der Waals surface area contributed by atoms with E-state index < -0.39 is 0 Å². The lowest BCUT2D eigenvalue weighted by atomic mass is 10.1. The molecule has 0 bridgehead atoms. The molecule has 1 fully saturated rings. The molecule has 0 atom stereocenters. The quantitative estimate of drug-likeness (QED) is 0.774. The molecule has 1 aliphatic heterocycles. The molecule has 2 heterocycles. The summed E-state index contributed by atoms with van der Waals surface area (Å²) in [4.78, 5) is 6.70. The average molecular weight is 257 g/mol. The Balaban J connectivity index is 1.79. The van der Waals surface area contributed by atoms with Crippen LogP contribution in [-0.4, -0.2) is 35.3 Å². The van der Waals surface area contributed by atoms with Gasteiger partial charge in [0.15, 0.2) is 0 Å². The van der Waals surface area contributed by atoms with Crippen LogP contribution in [0.4, 0.5) is 0 Å². The summed E-state index contributed by atoms with van der Waals surface area (Å²) in [6, 6.07) is 5.85. The van der Waals surface area contributed by atoms with E-state index in [1.165, 1.54) is 25.9 Å². The van der Waals surface area contributed by atoms with Crippen LogP contribution in [0.15, 0.2) is 18.2 Å². The van der Waals surface area contributed by atoms with Crippen molar-refractivity contribution in [2.75, 3.05) is 20.1 Å². The minimum atomic E-state index is 0.599. The van der Waals surface area contributed by atoms with E-state index in [2.05, 4.69) is 16.9 Å². The lowest BCUT2D eigenvalue weighted by Gasteiger charge is -2.28. The van der Waals surface area contributed by atoms with Crippen LogP contribution in [0.3, 0.4) is 0 Å². The van der Waals surface area contributed by atoms with Crippen molar-refractivity contribution >= 4 is 23.4 Å². The second-order valence-electron chi connectivity index (χ2n) is 4.27. The molecule has 0 aliphatic carbocycles. The number of halogens is 1. The van der Waals surface area contributed by atoms with Gasteiger partial charge in [-0.2, -0.15) is 11.8 Å². The van der Waals surface area contributed by atoms with Crippen LogP contribution in [0.2, 0.25) is 5.15 Å². The second kappa shape index (κ2) is 5.89. The Labute approximate surface area is 106 Å². The highest BCUT2D eigenvalue weighted by molar-refractivity contribution is 7.99. The smallest absolute Gasteiger partial charge is 0.129 e. The molecular weight excluding hydrogens is 240 g/mol. The van der Waals surface area contributed by atoms with Gasteiger partial charge in [0.25, 0.3) is 0 Å². The van der Waals surface area contributed by atoms with E-state index in [-0.39, 0.29) is 0 Å². The number of aromatic nitrogens is 1. The Kier molecular flexibility index (Phi) is 4.50. The maximum Gasteiger partial charge on any atom is 0.129 e. The molecule has 1 saturated heterocycles. The van der Waals surface area contributed by atoms with Gasteiger partial charge in [-0.05, 0) is 45.1 Å². The van der Waals surface area contributed by atoms with Crippen molar-refractivity contribution in [3.05, 3.63) is 29.0 Å². The van der Waals surface area contributed by atoms with Crippen LogP contribution >= 0.6 is 23.4 Å². The predicted molar refractivity (Wildman–Crippen MR) is 71.1 cm³/mol. The molecule has 1 aliphatic rings. The first-order valence-electron chi connectivity index (χ1n) is 5.65. The first-order valence-corrected chi connectivity index (χ1v) is 7.08. The average Bonchev–Trinajstić information content (AvgIpc) is 2.28. The number of hydrogen-bond donors (Lipinski definition) is 0. The van der Waals surface area contributed by atoms with Crippen LogP contribution < -0.4 is 0 Å². The van der Waals surface area contributed by atoms with E-state index in [9.17, 15) is 0 Å². The van der Waals surface area contributed by atoms with Crippen molar-refractivity contribution in [2.24, 2.45) is 0 Å². The number of thioether (sulfide) groups is 1. The third-order valence-corrected chi connectivity index (χ3v) is 4.52. The van der Waals surface area contributed by atoms with Gasteiger partial charge in [0, 0.05) is 11.0 Å². The van der Waals surface area contributed by atoms with Crippen LogP contribution in [0.25, 0.3) is 0 Å². The molecule has 0 saturated carbocycles. The molecule has 0 unspecified atom stereocenters. The highest BCUT2D eigenvalue weighted by atomic mass is 35.5. The topological polar surface area (TPSA) is 16.1 Å². The van der Waals surface area contributed by atoms with Gasteiger partial charge >= 0.3 is 0 Å². The Hall–Kier alpha value is -0.250. The summed E-state index contributed by atoms with van der Waals surface area (Å²) in [6.45, 7) is 2.45. The largest absolute Gasteiger partial charge is 0.306 e. The monoisotopic (exact) mass is 256 g/mol. The standard InChI is InChI=1S/C12H17ClN2S/c1-15-7-5-11(6-8-15)16-9-10-3-2-4-12(13)14-10/h2-4,11H,5-9H2,1H3. The molecule has 2 rings (SSSR count). The number of nitrogens with zero attached hydrogens (tertiary/aromatic N) is 2. The first kappa shape index (κ1) is 12.2. The van der Waals surface area contributed by atoms with Crippen LogP contribution in [0.5, 0.6) is 0 Å². The summed E-state index contributed by atoms with van der Waals surface area (Å²) in [7, 11) is 2.19. The van der Waals surface area contributed by atoms with Crippen LogP contribution in [0.1, 0.15) is 18.5 Å². The molecule has 16 heavy (non-hydrogen) atoms. The van der Waals surface area contributed by atoms with Gasteiger partial charge in [0.2, 0.25) is 0 Å². The molecule has 0 N–H and O–H groups in total. The van der Waals surface area contributed by atoms with Crippen molar-refractivity contribution in [3.63, 3.8) is 0 Å². The van der Waals surface area contributed by atoms with Crippen LogP contribution in [0, 0.1) is 0 Å². The minimum Gasteiger partial charge on any atom is -0.306 e. The van der Waals surface area contributed by atoms with Gasteiger partial charge in [-0.3, -0.25) is 0 Å².